The lowest BCUT2D eigenvalue weighted by Gasteiger charge is -2.35. The highest BCUT2D eigenvalue weighted by Gasteiger charge is 2.33. The highest BCUT2D eigenvalue weighted by Crippen LogP contribution is 2.35. The van der Waals surface area contributed by atoms with Crippen LogP contribution in [0.4, 0.5) is 0 Å². The molecule has 0 saturated heterocycles. The van der Waals surface area contributed by atoms with Gasteiger partial charge in [-0.15, -0.1) is 0 Å². The first-order valence-corrected chi connectivity index (χ1v) is 23.7. The first kappa shape index (κ1) is 57.4. The molecule has 3 aromatic carbocycles. The summed E-state index contributed by atoms with van der Waals surface area (Å²) in [6.45, 7) is 20.0. The van der Waals surface area contributed by atoms with Gasteiger partial charge in [0.2, 0.25) is 0 Å². The summed E-state index contributed by atoms with van der Waals surface area (Å²) in [7, 11) is 0. The van der Waals surface area contributed by atoms with Gasteiger partial charge >= 0.3 is 0 Å². The maximum absolute atomic E-state index is 11.2. The number of ether oxygens (including phenoxy) is 12. The van der Waals surface area contributed by atoms with Crippen LogP contribution in [0, 0.1) is 0 Å². The van der Waals surface area contributed by atoms with Crippen molar-refractivity contribution in [3.8, 4) is 0 Å². The molecule has 2 N–H and O–H groups in total. The van der Waals surface area contributed by atoms with Crippen molar-refractivity contribution >= 4 is 0 Å². The summed E-state index contributed by atoms with van der Waals surface area (Å²) in [6.07, 6.45) is -0.298. The quantitative estimate of drug-likeness (QED) is 0.0607. The van der Waals surface area contributed by atoms with E-state index >= 15 is 0 Å². The second kappa shape index (κ2) is 37.1. The van der Waals surface area contributed by atoms with Crippen LogP contribution in [0.3, 0.4) is 0 Å². The van der Waals surface area contributed by atoms with E-state index in [-0.39, 0.29) is 0 Å². The van der Waals surface area contributed by atoms with Gasteiger partial charge in [0.25, 0.3) is 0 Å². The van der Waals surface area contributed by atoms with Gasteiger partial charge in [0.1, 0.15) is 0 Å². The minimum absolute atomic E-state index is 0.412. The topological polar surface area (TPSA) is 151 Å². The third-order valence-electron chi connectivity index (χ3n) is 11.0. The Hall–Kier alpha value is -2.90. The Labute approximate surface area is 395 Å². The summed E-state index contributed by atoms with van der Waals surface area (Å²) < 4.78 is 67.2. The zero-order valence-corrected chi connectivity index (χ0v) is 40.4. The van der Waals surface area contributed by atoms with Crippen LogP contribution in [0.2, 0.25) is 0 Å². The summed E-state index contributed by atoms with van der Waals surface area (Å²) in [5.74, 6) is 0. The molecule has 0 fully saturated rings. The van der Waals surface area contributed by atoms with Crippen molar-refractivity contribution in [2.24, 2.45) is 0 Å². The SMILES string of the molecule is CC(C)(c1cccc(C(C)(C)C(O)CCOCCOCCOCCOCCOCCOCc2ccccc2)c1)C(O)CCOCCOCCOCCOCCOCCOCc1ccccc1. The number of rotatable bonds is 44. The minimum Gasteiger partial charge on any atom is -0.392 e. The largest absolute Gasteiger partial charge is 0.392 e. The molecule has 3 rings (SSSR count). The molecule has 0 saturated carbocycles. The lowest BCUT2D eigenvalue weighted by molar-refractivity contribution is -0.0201. The Balaban J connectivity index is 1.10. The Morgan fingerprint density at radius 2 is 0.561 bits per heavy atom. The van der Waals surface area contributed by atoms with Gasteiger partial charge < -0.3 is 67.1 Å². The molecular formula is C52H82O14. The Morgan fingerprint density at radius 1 is 0.318 bits per heavy atom. The van der Waals surface area contributed by atoms with Crippen molar-refractivity contribution in [1.29, 1.82) is 0 Å². The van der Waals surface area contributed by atoms with Crippen molar-refractivity contribution in [2.45, 2.75) is 76.8 Å². The second-order valence-electron chi connectivity index (χ2n) is 16.8. The van der Waals surface area contributed by atoms with Gasteiger partial charge in [-0.25, -0.2) is 0 Å². The van der Waals surface area contributed by atoms with E-state index in [0.29, 0.717) is 171 Å². The molecular weight excluding hydrogens is 849 g/mol. The molecule has 0 bridgehead atoms. The minimum atomic E-state index is -0.628. The predicted molar refractivity (Wildman–Crippen MR) is 254 cm³/mol. The average molecular weight is 931 g/mol. The maximum Gasteiger partial charge on any atom is 0.0718 e. The molecule has 3 aromatic rings. The Morgan fingerprint density at radius 3 is 0.833 bits per heavy atom. The maximum atomic E-state index is 11.2. The van der Waals surface area contributed by atoms with Gasteiger partial charge in [0, 0.05) is 24.0 Å². The highest BCUT2D eigenvalue weighted by molar-refractivity contribution is 5.35. The van der Waals surface area contributed by atoms with E-state index in [1.54, 1.807) is 0 Å². The standard InChI is InChI=1S/C52H82O14/c1-51(2,49(53)18-20-55-22-24-57-26-28-59-30-32-61-34-36-63-38-40-65-43-45-12-7-5-8-13-45)47-16-11-17-48(42-47)52(3,4)50(54)19-21-56-23-25-58-27-29-60-31-33-62-35-37-64-39-41-66-44-46-14-9-6-10-15-46/h5-17,42,49-50,53-54H,18-41,43-44H2,1-4H3. The van der Waals surface area contributed by atoms with Gasteiger partial charge in [-0.3, -0.25) is 0 Å². The summed E-state index contributed by atoms with van der Waals surface area (Å²) in [5, 5.41) is 22.4. The van der Waals surface area contributed by atoms with E-state index in [4.69, 9.17) is 56.8 Å². The third kappa shape index (κ3) is 26.6. The molecule has 14 heteroatoms. The molecule has 0 aromatic heterocycles. The fraction of sp³-hybridized carbons (Fsp3) is 0.654. The van der Waals surface area contributed by atoms with E-state index in [9.17, 15) is 10.2 Å². The molecule has 66 heavy (non-hydrogen) atoms. The molecule has 0 aliphatic carbocycles. The van der Waals surface area contributed by atoms with Gasteiger partial charge in [0.15, 0.2) is 0 Å². The predicted octanol–water partition coefficient (Wildman–Crippen LogP) is 6.34. The third-order valence-corrected chi connectivity index (χ3v) is 11.0. The summed E-state index contributed by atoms with van der Waals surface area (Å²) in [4.78, 5) is 0. The van der Waals surface area contributed by atoms with E-state index in [1.807, 2.05) is 107 Å². The molecule has 0 radical (unpaired) electrons. The van der Waals surface area contributed by atoms with E-state index < -0.39 is 23.0 Å². The Bertz CT molecular complexity index is 1440. The molecule has 2 atom stereocenters. The van der Waals surface area contributed by atoms with Crippen molar-refractivity contribution in [1.82, 2.24) is 0 Å². The van der Waals surface area contributed by atoms with Crippen molar-refractivity contribution < 1.29 is 67.1 Å². The fourth-order valence-electron chi connectivity index (χ4n) is 6.54. The van der Waals surface area contributed by atoms with Crippen LogP contribution in [-0.2, 0) is 80.9 Å². The number of aliphatic hydroxyl groups is 2. The normalized spacial score (nSPS) is 13.1. The molecule has 374 valence electrons. The number of benzene rings is 3. The molecule has 0 spiro atoms. The van der Waals surface area contributed by atoms with Crippen LogP contribution >= 0.6 is 0 Å². The fourth-order valence-corrected chi connectivity index (χ4v) is 6.54. The van der Waals surface area contributed by atoms with Gasteiger partial charge in [-0.2, -0.15) is 0 Å². The molecule has 2 unspecified atom stereocenters. The first-order valence-electron chi connectivity index (χ1n) is 23.7. The molecule has 14 nitrogen and oxygen atoms in total. The zero-order chi connectivity index (χ0) is 47.2. The van der Waals surface area contributed by atoms with Crippen LogP contribution in [0.25, 0.3) is 0 Å². The van der Waals surface area contributed by atoms with Crippen molar-refractivity contribution in [2.75, 3.05) is 145 Å². The molecule has 0 amide bonds. The summed E-state index contributed by atoms with van der Waals surface area (Å²) >= 11 is 0. The van der Waals surface area contributed by atoms with Crippen LogP contribution in [0.15, 0.2) is 84.9 Å². The molecule has 0 aliphatic rings. The van der Waals surface area contributed by atoms with Crippen LogP contribution in [0.5, 0.6) is 0 Å². The monoisotopic (exact) mass is 931 g/mol. The molecule has 0 heterocycles. The first-order chi connectivity index (χ1) is 32.2. The zero-order valence-electron chi connectivity index (χ0n) is 40.4. The van der Waals surface area contributed by atoms with E-state index in [0.717, 1.165) is 22.3 Å². The number of aliphatic hydroxyl groups excluding tert-OH is 2. The van der Waals surface area contributed by atoms with Crippen LogP contribution < -0.4 is 0 Å². The smallest absolute Gasteiger partial charge is 0.0718 e. The Kier molecular flexibility index (Phi) is 32.2. The summed E-state index contributed by atoms with van der Waals surface area (Å²) in [6, 6.07) is 28.3. The van der Waals surface area contributed by atoms with Crippen LogP contribution in [0.1, 0.15) is 62.8 Å². The van der Waals surface area contributed by atoms with Crippen molar-refractivity contribution in [3.63, 3.8) is 0 Å². The van der Waals surface area contributed by atoms with E-state index in [1.165, 1.54) is 0 Å². The van der Waals surface area contributed by atoms with Gasteiger partial charge in [-0.05, 0) is 35.1 Å². The highest BCUT2D eigenvalue weighted by atomic mass is 16.6. The van der Waals surface area contributed by atoms with Gasteiger partial charge in [0.05, 0.1) is 158 Å². The van der Waals surface area contributed by atoms with Crippen molar-refractivity contribution in [3.05, 3.63) is 107 Å². The summed E-state index contributed by atoms with van der Waals surface area (Å²) in [5.41, 5.74) is 3.25. The van der Waals surface area contributed by atoms with Gasteiger partial charge in [-0.1, -0.05) is 113 Å². The van der Waals surface area contributed by atoms with E-state index in [2.05, 4.69) is 6.07 Å². The molecule has 0 aliphatic heterocycles. The number of hydrogen-bond acceptors (Lipinski definition) is 14. The lowest BCUT2D eigenvalue weighted by Crippen LogP contribution is -2.37. The van der Waals surface area contributed by atoms with Crippen LogP contribution in [-0.4, -0.2) is 168 Å². The second-order valence-corrected chi connectivity index (χ2v) is 16.8. The lowest BCUT2D eigenvalue weighted by atomic mass is 9.73. The number of hydrogen-bond donors (Lipinski definition) is 2. The average Bonchev–Trinajstić information content (AvgIpc) is 3.33.